The van der Waals surface area contributed by atoms with Gasteiger partial charge in [0.05, 0.1) is 5.92 Å². The summed E-state index contributed by atoms with van der Waals surface area (Å²) in [6, 6.07) is 0. The molecule has 0 fully saturated rings. The van der Waals surface area contributed by atoms with Gasteiger partial charge in [0, 0.05) is 0 Å². The standard InChI is InChI=1S/C24H46O2/c1-3-5-7-9-10-11-12-13-14-15-16-17-18-20-22-23(24(25)26)21-19-8-6-4-2/h13-14,23H,3-12,15-22H2,1-2H3,(H,25,26). The molecular weight excluding hydrogens is 320 g/mol. The van der Waals surface area contributed by atoms with Gasteiger partial charge in [-0.2, -0.15) is 0 Å². The van der Waals surface area contributed by atoms with Crippen LogP contribution in [-0.4, -0.2) is 11.1 Å². The van der Waals surface area contributed by atoms with Crippen LogP contribution in [0, 0.1) is 5.92 Å². The van der Waals surface area contributed by atoms with E-state index in [2.05, 4.69) is 26.0 Å². The minimum absolute atomic E-state index is 0.107. The highest BCUT2D eigenvalue weighted by atomic mass is 16.4. The zero-order chi connectivity index (χ0) is 19.3. The van der Waals surface area contributed by atoms with Gasteiger partial charge in [-0.3, -0.25) is 4.79 Å². The topological polar surface area (TPSA) is 37.3 Å². The summed E-state index contributed by atoms with van der Waals surface area (Å²) in [7, 11) is 0. The Morgan fingerprint density at radius 3 is 1.50 bits per heavy atom. The first kappa shape index (κ1) is 25.2. The molecule has 0 spiro atoms. The monoisotopic (exact) mass is 366 g/mol. The van der Waals surface area contributed by atoms with Gasteiger partial charge in [0.25, 0.3) is 0 Å². The Kier molecular flexibility index (Phi) is 19.9. The first-order valence-electron chi connectivity index (χ1n) is 11.6. The lowest BCUT2D eigenvalue weighted by Gasteiger charge is -2.11. The molecule has 0 radical (unpaired) electrons. The fourth-order valence-electron chi connectivity index (χ4n) is 3.49. The molecule has 0 bridgehead atoms. The normalized spacial score (nSPS) is 12.7. The minimum Gasteiger partial charge on any atom is -0.481 e. The van der Waals surface area contributed by atoms with Crippen LogP contribution in [0.2, 0.25) is 0 Å². The quantitative estimate of drug-likeness (QED) is 0.174. The molecule has 0 aromatic rings. The average molecular weight is 367 g/mol. The molecule has 1 unspecified atom stereocenters. The van der Waals surface area contributed by atoms with Crippen molar-refractivity contribution in [3.8, 4) is 0 Å². The van der Waals surface area contributed by atoms with Crippen LogP contribution in [0.4, 0.5) is 0 Å². The Hall–Kier alpha value is -0.790. The highest BCUT2D eigenvalue weighted by Gasteiger charge is 2.15. The second-order valence-corrected chi connectivity index (χ2v) is 7.90. The molecule has 0 rings (SSSR count). The summed E-state index contributed by atoms with van der Waals surface area (Å²) in [5, 5.41) is 9.32. The zero-order valence-electron chi connectivity index (χ0n) is 17.8. The summed E-state index contributed by atoms with van der Waals surface area (Å²) in [6.45, 7) is 4.46. The van der Waals surface area contributed by atoms with Crippen molar-refractivity contribution in [3.63, 3.8) is 0 Å². The van der Waals surface area contributed by atoms with E-state index >= 15 is 0 Å². The lowest BCUT2D eigenvalue weighted by molar-refractivity contribution is -0.142. The van der Waals surface area contributed by atoms with Crippen molar-refractivity contribution in [1.29, 1.82) is 0 Å². The molecular formula is C24H46O2. The number of carboxylic acids is 1. The Balaban J connectivity index is 3.44. The fraction of sp³-hybridized carbons (Fsp3) is 0.875. The van der Waals surface area contributed by atoms with E-state index in [1.165, 1.54) is 89.9 Å². The van der Waals surface area contributed by atoms with Gasteiger partial charge in [-0.25, -0.2) is 0 Å². The molecule has 0 aromatic carbocycles. The van der Waals surface area contributed by atoms with Crippen molar-refractivity contribution < 1.29 is 9.90 Å². The van der Waals surface area contributed by atoms with Crippen molar-refractivity contribution >= 4 is 5.97 Å². The van der Waals surface area contributed by atoms with Gasteiger partial charge in [-0.15, -0.1) is 0 Å². The van der Waals surface area contributed by atoms with E-state index in [9.17, 15) is 9.90 Å². The first-order valence-corrected chi connectivity index (χ1v) is 11.6. The van der Waals surface area contributed by atoms with Gasteiger partial charge in [0.1, 0.15) is 0 Å². The van der Waals surface area contributed by atoms with Crippen LogP contribution in [-0.2, 0) is 4.79 Å². The number of rotatable bonds is 20. The number of carbonyl (C=O) groups is 1. The number of allylic oxidation sites excluding steroid dienone is 2. The molecule has 0 aromatic heterocycles. The predicted octanol–water partition coefficient (Wildman–Crippen LogP) is 8.31. The molecule has 1 N–H and O–H groups in total. The summed E-state index contributed by atoms with van der Waals surface area (Å²) in [5.74, 6) is -0.691. The van der Waals surface area contributed by atoms with Crippen molar-refractivity contribution in [2.24, 2.45) is 5.92 Å². The molecule has 0 aliphatic carbocycles. The third-order valence-corrected chi connectivity index (χ3v) is 5.32. The van der Waals surface area contributed by atoms with Crippen LogP contribution in [0.25, 0.3) is 0 Å². The van der Waals surface area contributed by atoms with Gasteiger partial charge >= 0.3 is 5.97 Å². The second-order valence-electron chi connectivity index (χ2n) is 7.90. The van der Waals surface area contributed by atoms with E-state index in [4.69, 9.17) is 0 Å². The summed E-state index contributed by atoms with van der Waals surface area (Å²) >= 11 is 0. The number of aliphatic carboxylic acids is 1. The lowest BCUT2D eigenvalue weighted by atomic mass is 9.94. The van der Waals surface area contributed by atoms with Gasteiger partial charge in [0.2, 0.25) is 0 Å². The SMILES string of the molecule is CCCCCCCCC=CCCCCCCC(CCCCCC)C(=O)O. The first-order chi connectivity index (χ1) is 12.7. The fourth-order valence-corrected chi connectivity index (χ4v) is 3.49. The lowest BCUT2D eigenvalue weighted by Crippen LogP contribution is -2.13. The molecule has 0 saturated carbocycles. The Morgan fingerprint density at radius 1 is 0.654 bits per heavy atom. The second kappa shape index (κ2) is 20.5. The zero-order valence-corrected chi connectivity index (χ0v) is 17.8. The minimum atomic E-state index is -0.584. The molecule has 0 aliphatic rings. The Morgan fingerprint density at radius 2 is 1.04 bits per heavy atom. The predicted molar refractivity (Wildman–Crippen MR) is 115 cm³/mol. The van der Waals surface area contributed by atoms with Crippen molar-refractivity contribution in [2.75, 3.05) is 0 Å². The Bertz CT molecular complexity index is 322. The van der Waals surface area contributed by atoms with Gasteiger partial charge in [-0.1, -0.05) is 103 Å². The smallest absolute Gasteiger partial charge is 0.306 e. The van der Waals surface area contributed by atoms with E-state index in [1.54, 1.807) is 0 Å². The van der Waals surface area contributed by atoms with Gasteiger partial charge in [0.15, 0.2) is 0 Å². The van der Waals surface area contributed by atoms with Gasteiger partial charge in [-0.05, 0) is 38.5 Å². The van der Waals surface area contributed by atoms with Crippen molar-refractivity contribution in [1.82, 2.24) is 0 Å². The van der Waals surface area contributed by atoms with E-state index in [0.29, 0.717) is 0 Å². The molecule has 2 nitrogen and oxygen atoms in total. The number of hydrogen-bond acceptors (Lipinski definition) is 1. The van der Waals surface area contributed by atoms with E-state index in [-0.39, 0.29) is 5.92 Å². The molecule has 0 amide bonds. The highest BCUT2D eigenvalue weighted by molar-refractivity contribution is 5.69. The number of carboxylic acid groups (broad SMARTS) is 1. The summed E-state index contributed by atoms with van der Waals surface area (Å²) in [5.41, 5.74) is 0. The van der Waals surface area contributed by atoms with Crippen LogP contribution in [0.15, 0.2) is 12.2 Å². The maximum atomic E-state index is 11.3. The number of hydrogen-bond donors (Lipinski definition) is 1. The molecule has 1 atom stereocenters. The summed E-state index contributed by atoms with van der Waals surface area (Å²) < 4.78 is 0. The van der Waals surface area contributed by atoms with Crippen LogP contribution in [0.3, 0.4) is 0 Å². The Labute approximate surface area is 163 Å². The average Bonchev–Trinajstić information content (AvgIpc) is 2.63. The number of unbranched alkanes of at least 4 members (excludes halogenated alkanes) is 13. The van der Waals surface area contributed by atoms with Crippen LogP contribution in [0.5, 0.6) is 0 Å². The van der Waals surface area contributed by atoms with Crippen LogP contribution in [0.1, 0.15) is 129 Å². The molecule has 26 heavy (non-hydrogen) atoms. The molecule has 0 saturated heterocycles. The molecule has 2 heteroatoms. The van der Waals surface area contributed by atoms with E-state index in [1.807, 2.05) is 0 Å². The van der Waals surface area contributed by atoms with Crippen molar-refractivity contribution in [2.45, 2.75) is 129 Å². The van der Waals surface area contributed by atoms with E-state index in [0.717, 1.165) is 25.7 Å². The maximum absolute atomic E-state index is 11.3. The maximum Gasteiger partial charge on any atom is 0.306 e. The molecule has 0 heterocycles. The summed E-state index contributed by atoms with van der Waals surface area (Å²) in [4.78, 5) is 11.3. The third kappa shape index (κ3) is 18.0. The highest BCUT2D eigenvalue weighted by Crippen LogP contribution is 2.19. The molecule has 0 aliphatic heterocycles. The van der Waals surface area contributed by atoms with Crippen LogP contribution < -0.4 is 0 Å². The summed E-state index contributed by atoms with van der Waals surface area (Å²) in [6.07, 6.45) is 26.6. The van der Waals surface area contributed by atoms with Crippen LogP contribution >= 0.6 is 0 Å². The molecule has 154 valence electrons. The van der Waals surface area contributed by atoms with E-state index < -0.39 is 5.97 Å². The third-order valence-electron chi connectivity index (χ3n) is 5.32. The van der Waals surface area contributed by atoms with Crippen molar-refractivity contribution in [3.05, 3.63) is 12.2 Å². The van der Waals surface area contributed by atoms with Gasteiger partial charge < -0.3 is 5.11 Å². The largest absolute Gasteiger partial charge is 0.481 e.